The second kappa shape index (κ2) is 17.0. The lowest BCUT2D eigenvalue weighted by Gasteiger charge is -2.08. The molecule has 8 rings (SSSR count). The van der Waals surface area contributed by atoms with Crippen molar-refractivity contribution in [1.29, 1.82) is 0 Å². The van der Waals surface area contributed by atoms with Crippen LogP contribution in [-0.2, 0) is 0 Å². The van der Waals surface area contributed by atoms with Crippen molar-refractivity contribution in [3.63, 3.8) is 0 Å². The summed E-state index contributed by atoms with van der Waals surface area (Å²) in [5.41, 5.74) is 14.4. The van der Waals surface area contributed by atoms with E-state index in [1.807, 2.05) is 0 Å². The fourth-order valence-corrected chi connectivity index (χ4v) is 8.07. The van der Waals surface area contributed by atoms with Crippen molar-refractivity contribution < 1.29 is 0 Å². The molecular formula is C52H38S2. The van der Waals surface area contributed by atoms with Gasteiger partial charge in [-0.2, -0.15) is 0 Å². The molecule has 6 aromatic carbocycles. The van der Waals surface area contributed by atoms with Crippen molar-refractivity contribution in [2.24, 2.45) is 0 Å². The van der Waals surface area contributed by atoms with Crippen molar-refractivity contribution in [2.75, 3.05) is 0 Å². The Kier molecular flexibility index (Phi) is 10.9. The minimum absolute atomic E-state index is 1.17. The molecule has 2 heteroatoms. The van der Waals surface area contributed by atoms with E-state index in [-0.39, 0.29) is 0 Å². The van der Waals surface area contributed by atoms with E-state index in [9.17, 15) is 0 Å². The highest BCUT2D eigenvalue weighted by Gasteiger charge is 2.09. The molecule has 0 amide bonds. The van der Waals surface area contributed by atoms with Gasteiger partial charge in [-0.05, 0) is 102 Å². The van der Waals surface area contributed by atoms with Crippen LogP contribution in [0, 0.1) is 0 Å². The number of hydrogen-bond acceptors (Lipinski definition) is 2. The molecule has 0 aliphatic carbocycles. The fraction of sp³-hybridized carbons (Fsp3) is 0. The van der Waals surface area contributed by atoms with Crippen LogP contribution in [0.15, 0.2) is 193 Å². The normalized spacial score (nSPS) is 12.1. The number of benzene rings is 6. The SMILES string of the molecule is C(=Cc1ccccc1/C=C(\c1ccccc1)c1cccs1)c1ccc(-c2ccc(C=Cc3ccccc3/C=C(\c3ccccc3)c3cccs3)cc2)cc1. The van der Waals surface area contributed by atoms with Crippen molar-refractivity contribution in [3.8, 4) is 11.1 Å². The lowest BCUT2D eigenvalue weighted by molar-refractivity contribution is 1.57. The molecule has 0 nitrogen and oxygen atoms in total. The van der Waals surface area contributed by atoms with Gasteiger partial charge in [0, 0.05) is 9.75 Å². The van der Waals surface area contributed by atoms with E-state index in [0.29, 0.717) is 0 Å². The minimum Gasteiger partial charge on any atom is -0.144 e. The van der Waals surface area contributed by atoms with Gasteiger partial charge >= 0.3 is 0 Å². The number of hydrogen-bond donors (Lipinski definition) is 0. The molecule has 0 spiro atoms. The van der Waals surface area contributed by atoms with Crippen LogP contribution in [0.5, 0.6) is 0 Å². The average molecular weight is 727 g/mol. The van der Waals surface area contributed by atoms with E-state index >= 15 is 0 Å². The van der Waals surface area contributed by atoms with Crippen molar-refractivity contribution in [3.05, 3.63) is 247 Å². The monoisotopic (exact) mass is 726 g/mol. The fourth-order valence-electron chi connectivity index (χ4n) is 6.54. The van der Waals surface area contributed by atoms with Gasteiger partial charge in [-0.3, -0.25) is 0 Å². The van der Waals surface area contributed by atoms with Gasteiger partial charge in [-0.25, -0.2) is 0 Å². The Morgan fingerprint density at radius 1 is 0.315 bits per heavy atom. The summed E-state index contributed by atoms with van der Waals surface area (Å²) in [6, 6.07) is 64.8. The van der Waals surface area contributed by atoms with Crippen LogP contribution >= 0.6 is 22.7 Å². The molecule has 0 saturated carbocycles. The highest BCUT2D eigenvalue weighted by molar-refractivity contribution is 7.11. The van der Waals surface area contributed by atoms with Crippen LogP contribution in [-0.4, -0.2) is 0 Å². The second-order valence-corrected chi connectivity index (χ2v) is 14.9. The molecule has 0 bridgehead atoms. The molecule has 8 aromatic rings. The Morgan fingerprint density at radius 3 is 1.06 bits per heavy atom. The summed E-state index contributed by atoms with van der Waals surface area (Å²) < 4.78 is 0. The van der Waals surface area contributed by atoms with E-state index in [0.717, 1.165) is 0 Å². The molecule has 0 aliphatic rings. The van der Waals surface area contributed by atoms with Crippen LogP contribution in [0.4, 0.5) is 0 Å². The molecule has 0 unspecified atom stereocenters. The summed E-state index contributed by atoms with van der Waals surface area (Å²) in [6.07, 6.45) is 13.5. The molecule has 54 heavy (non-hydrogen) atoms. The van der Waals surface area contributed by atoms with E-state index in [4.69, 9.17) is 0 Å². The maximum absolute atomic E-state index is 2.31. The highest BCUT2D eigenvalue weighted by atomic mass is 32.1. The van der Waals surface area contributed by atoms with Crippen molar-refractivity contribution >= 4 is 70.3 Å². The first kappa shape index (κ1) is 34.7. The molecule has 2 aromatic heterocycles. The van der Waals surface area contributed by atoms with Crippen LogP contribution in [0.3, 0.4) is 0 Å². The molecular weight excluding hydrogens is 689 g/mol. The standard InChI is InChI=1S/C52H38S2/c1-3-15-45(16-4-1)49(51-21-11-35-53-51)37-47-19-9-7-13-41(47)29-23-39-25-31-43(32-26-39)44-33-27-40(28-34-44)24-30-42-14-8-10-20-48(42)38-50(52-22-12-36-54-52)46-17-5-2-6-18-46/h1-38H/b29-23?,30-24?,49-37+,50-38+. The molecule has 2 heterocycles. The third kappa shape index (κ3) is 8.48. The summed E-state index contributed by atoms with van der Waals surface area (Å²) in [5.74, 6) is 0. The van der Waals surface area contributed by atoms with Crippen molar-refractivity contribution in [2.45, 2.75) is 0 Å². The Labute approximate surface area is 326 Å². The van der Waals surface area contributed by atoms with E-state index < -0.39 is 0 Å². The smallest absolute Gasteiger partial charge is 0.0348 e. The van der Waals surface area contributed by atoms with E-state index in [1.54, 1.807) is 22.7 Å². The lowest BCUT2D eigenvalue weighted by Crippen LogP contribution is -1.87. The Balaban J connectivity index is 0.978. The van der Waals surface area contributed by atoms with Gasteiger partial charge in [-0.15, -0.1) is 22.7 Å². The first-order valence-electron chi connectivity index (χ1n) is 18.1. The highest BCUT2D eigenvalue weighted by Crippen LogP contribution is 2.32. The molecule has 0 atom stereocenters. The van der Waals surface area contributed by atoms with Gasteiger partial charge < -0.3 is 0 Å². The lowest BCUT2D eigenvalue weighted by atomic mass is 9.97. The second-order valence-electron chi connectivity index (χ2n) is 13.0. The maximum atomic E-state index is 2.31. The van der Waals surface area contributed by atoms with Crippen LogP contribution in [0.25, 0.3) is 58.7 Å². The topological polar surface area (TPSA) is 0 Å². The Bertz CT molecular complexity index is 2350. The molecule has 0 N–H and O–H groups in total. The van der Waals surface area contributed by atoms with Gasteiger partial charge in [-0.1, -0.05) is 194 Å². The minimum atomic E-state index is 1.17. The molecule has 0 saturated heterocycles. The maximum Gasteiger partial charge on any atom is 0.0348 e. The Hall–Kier alpha value is -6.32. The summed E-state index contributed by atoms with van der Waals surface area (Å²) in [6.45, 7) is 0. The molecule has 0 aliphatic heterocycles. The number of thiophene rings is 2. The zero-order chi connectivity index (χ0) is 36.4. The predicted molar refractivity (Wildman–Crippen MR) is 238 cm³/mol. The van der Waals surface area contributed by atoms with E-state index in [1.165, 1.54) is 76.5 Å². The van der Waals surface area contributed by atoms with Crippen LogP contribution in [0.1, 0.15) is 54.3 Å². The zero-order valence-corrected chi connectivity index (χ0v) is 31.4. The third-order valence-electron chi connectivity index (χ3n) is 9.40. The third-order valence-corrected chi connectivity index (χ3v) is 11.2. The van der Waals surface area contributed by atoms with Gasteiger partial charge in [0.25, 0.3) is 0 Å². The molecule has 258 valence electrons. The van der Waals surface area contributed by atoms with Gasteiger partial charge in [0.1, 0.15) is 0 Å². The summed E-state index contributed by atoms with van der Waals surface area (Å²) >= 11 is 3.54. The zero-order valence-electron chi connectivity index (χ0n) is 29.8. The van der Waals surface area contributed by atoms with E-state index in [2.05, 4.69) is 229 Å². The summed E-state index contributed by atoms with van der Waals surface area (Å²) in [5, 5.41) is 4.28. The first-order valence-corrected chi connectivity index (χ1v) is 19.9. The van der Waals surface area contributed by atoms with Crippen LogP contribution < -0.4 is 0 Å². The van der Waals surface area contributed by atoms with Gasteiger partial charge in [0.05, 0.1) is 0 Å². The average Bonchev–Trinajstić information content (AvgIpc) is 3.98. The predicted octanol–water partition coefficient (Wildman–Crippen LogP) is 15.0. The van der Waals surface area contributed by atoms with Gasteiger partial charge in [0.15, 0.2) is 0 Å². The molecule has 0 fully saturated rings. The number of rotatable bonds is 11. The largest absolute Gasteiger partial charge is 0.144 e. The summed E-state index contributed by atoms with van der Waals surface area (Å²) in [4.78, 5) is 2.53. The van der Waals surface area contributed by atoms with Gasteiger partial charge in [0.2, 0.25) is 0 Å². The molecule has 0 radical (unpaired) electrons. The van der Waals surface area contributed by atoms with Crippen molar-refractivity contribution in [1.82, 2.24) is 0 Å². The Morgan fingerprint density at radius 2 is 0.685 bits per heavy atom. The van der Waals surface area contributed by atoms with Crippen LogP contribution in [0.2, 0.25) is 0 Å². The first-order chi connectivity index (χ1) is 26.8. The quantitative estimate of drug-likeness (QED) is 0.116. The summed E-state index contributed by atoms with van der Waals surface area (Å²) in [7, 11) is 0.